The van der Waals surface area contributed by atoms with E-state index >= 15 is 0 Å². The molecule has 0 bridgehead atoms. The van der Waals surface area contributed by atoms with Gasteiger partial charge in [-0.25, -0.2) is 9.37 Å². The number of hydrogen-bond acceptors (Lipinski definition) is 3. The van der Waals surface area contributed by atoms with Crippen LogP contribution < -0.4 is 5.56 Å². The van der Waals surface area contributed by atoms with Crippen LogP contribution in [0.1, 0.15) is 0 Å². The number of halogens is 2. The summed E-state index contributed by atoms with van der Waals surface area (Å²) in [6, 6.07) is 9.87. The van der Waals surface area contributed by atoms with Gasteiger partial charge in [0.25, 0.3) is 5.56 Å². The number of benzene rings is 2. The zero-order chi connectivity index (χ0) is 14.3. The summed E-state index contributed by atoms with van der Waals surface area (Å²) in [6.45, 7) is 0. The predicted octanol–water partition coefficient (Wildman–Crippen LogP) is 3.04. The van der Waals surface area contributed by atoms with Crippen molar-refractivity contribution >= 4 is 33.5 Å². The van der Waals surface area contributed by atoms with Crippen molar-refractivity contribution in [3.8, 4) is 17.1 Å². The molecule has 6 heteroatoms. The van der Waals surface area contributed by atoms with Crippen LogP contribution in [-0.2, 0) is 0 Å². The molecule has 1 aromatic heterocycles. The maximum atomic E-state index is 13.7. The number of aromatic hydroxyl groups is 1. The van der Waals surface area contributed by atoms with Crippen LogP contribution in [0.3, 0.4) is 0 Å². The molecular weight excluding hydrogens is 374 g/mol. The van der Waals surface area contributed by atoms with Crippen LogP contribution >= 0.6 is 22.6 Å². The summed E-state index contributed by atoms with van der Waals surface area (Å²) in [5, 5.41) is 10.3. The zero-order valence-electron chi connectivity index (χ0n) is 10.0. The van der Waals surface area contributed by atoms with Crippen LogP contribution in [0.25, 0.3) is 22.3 Å². The lowest BCUT2D eigenvalue weighted by Crippen LogP contribution is -2.09. The van der Waals surface area contributed by atoms with Crippen LogP contribution in [0, 0.1) is 9.39 Å². The molecule has 2 N–H and O–H groups in total. The zero-order valence-corrected chi connectivity index (χ0v) is 12.2. The van der Waals surface area contributed by atoms with Crippen molar-refractivity contribution in [2.75, 3.05) is 0 Å². The molecule has 3 rings (SSSR count). The van der Waals surface area contributed by atoms with E-state index in [4.69, 9.17) is 0 Å². The van der Waals surface area contributed by atoms with Gasteiger partial charge in [-0.15, -0.1) is 0 Å². The van der Waals surface area contributed by atoms with E-state index in [9.17, 15) is 14.3 Å². The molecule has 0 atom stereocenters. The van der Waals surface area contributed by atoms with Crippen molar-refractivity contribution < 1.29 is 9.50 Å². The molecule has 0 aliphatic heterocycles. The van der Waals surface area contributed by atoms with Gasteiger partial charge in [0.05, 0.1) is 20.0 Å². The highest BCUT2D eigenvalue weighted by atomic mass is 127. The Hall–Kier alpha value is -1.96. The number of phenols is 1. The molecule has 0 radical (unpaired) electrons. The van der Waals surface area contributed by atoms with E-state index in [0.717, 1.165) is 0 Å². The molecule has 0 saturated carbocycles. The summed E-state index contributed by atoms with van der Waals surface area (Å²) >= 11 is 1.78. The van der Waals surface area contributed by atoms with E-state index in [1.165, 1.54) is 12.1 Å². The highest BCUT2D eigenvalue weighted by molar-refractivity contribution is 14.1. The molecule has 0 unspecified atom stereocenters. The Morgan fingerprint density at radius 2 is 1.95 bits per heavy atom. The minimum Gasteiger partial charge on any atom is -0.504 e. The van der Waals surface area contributed by atoms with Gasteiger partial charge in [0, 0.05) is 0 Å². The minimum atomic E-state index is -0.723. The molecule has 3 aromatic rings. The van der Waals surface area contributed by atoms with Gasteiger partial charge in [-0.1, -0.05) is 12.1 Å². The number of H-pyrrole nitrogens is 1. The van der Waals surface area contributed by atoms with Crippen molar-refractivity contribution in [2.45, 2.75) is 0 Å². The first-order chi connectivity index (χ1) is 9.58. The Labute approximate surface area is 126 Å². The van der Waals surface area contributed by atoms with Gasteiger partial charge in [-0.3, -0.25) is 4.79 Å². The molecule has 0 fully saturated rings. The third-order valence-corrected chi connectivity index (χ3v) is 3.77. The van der Waals surface area contributed by atoms with E-state index in [1.54, 1.807) is 46.9 Å². The largest absolute Gasteiger partial charge is 0.504 e. The van der Waals surface area contributed by atoms with Crippen LogP contribution in [0.5, 0.6) is 5.75 Å². The monoisotopic (exact) mass is 382 g/mol. The first kappa shape index (κ1) is 13.0. The molecule has 4 nitrogen and oxygen atoms in total. The fourth-order valence-corrected chi connectivity index (χ4v) is 2.38. The highest BCUT2D eigenvalue weighted by Crippen LogP contribution is 2.31. The first-order valence-electron chi connectivity index (χ1n) is 5.74. The molecule has 0 saturated heterocycles. The smallest absolute Gasteiger partial charge is 0.259 e. The quantitative estimate of drug-likeness (QED) is 0.636. The number of nitrogens with one attached hydrogen (secondary N) is 1. The fraction of sp³-hybridized carbons (Fsp3) is 0. The Balaban J connectivity index is 2.31. The maximum absolute atomic E-state index is 13.7. The highest BCUT2D eigenvalue weighted by Gasteiger charge is 2.15. The van der Waals surface area contributed by atoms with Crippen molar-refractivity contribution in [3.05, 3.63) is 56.1 Å². The lowest BCUT2D eigenvalue weighted by atomic mass is 10.1. The normalized spacial score (nSPS) is 10.9. The SMILES string of the molecule is O=c1[nH]c(-c2ccc(I)c(F)c2O)nc2ccccc12. The second-order valence-corrected chi connectivity index (χ2v) is 5.35. The standard InChI is InChI=1S/C14H8FIN2O2/c15-11-9(16)6-5-8(12(11)19)13-17-10-4-2-1-3-7(10)14(20)18-13/h1-6,19H,(H,17,18,20). The summed E-state index contributed by atoms with van der Waals surface area (Å²) in [5.41, 5.74) is 0.319. The number of hydrogen-bond donors (Lipinski definition) is 2. The molecule has 100 valence electrons. The van der Waals surface area contributed by atoms with E-state index < -0.39 is 11.6 Å². The van der Waals surface area contributed by atoms with Crippen LogP contribution in [0.4, 0.5) is 4.39 Å². The van der Waals surface area contributed by atoms with E-state index in [0.29, 0.717) is 14.5 Å². The van der Waals surface area contributed by atoms with Gasteiger partial charge in [0.2, 0.25) is 0 Å². The van der Waals surface area contributed by atoms with Gasteiger partial charge in [-0.2, -0.15) is 0 Å². The second kappa shape index (κ2) is 4.86. The lowest BCUT2D eigenvalue weighted by Gasteiger charge is -2.07. The third-order valence-electron chi connectivity index (χ3n) is 2.94. The third kappa shape index (κ3) is 2.05. The topological polar surface area (TPSA) is 66.0 Å². The minimum absolute atomic E-state index is 0.140. The molecule has 2 aromatic carbocycles. The summed E-state index contributed by atoms with van der Waals surface area (Å²) in [5.74, 6) is -1.10. The Kier molecular flexibility index (Phi) is 3.17. The van der Waals surface area contributed by atoms with Crippen molar-refractivity contribution in [2.24, 2.45) is 0 Å². The molecule has 0 amide bonds. The predicted molar refractivity (Wildman–Crippen MR) is 82.1 cm³/mol. The summed E-state index contributed by atoms with van der Waals surface area (Å²) in [6.07, 6.45) is 0. The number of rotatable bonds is 1. The summed E-state index contributed by atoms with van der Waals surface area (Å²) < 4.78 is 14.0. The maximum Gasteiger partial charge on any atom is 0.259 e. The Morgan fingerprint density at radius 1 is 1.20 bits per heavy atom. The van der Waals surface area contributed by atoms with E-state index in [1.807, 2.05) is 0 Å². The number of nitrogens with zero attached hydrogens (tertiary/aromatic N) is 1. The second-order valence-electron chi connectivity index (χ2n) is 4.19. The summed E-state index contributed by atoms with van der Waals surface area (Å²) in [4.78, 5) is 18.8. The van der Waals surface area contributed by atoms with Crippen molar-refractivity contribution in [3.63, 3.8) is 0 Å². The van der Waals surface area contributed by atoms with Gasteiger partial charge in [0.1, 0.15) is 5.82 Å². The van der Waals surface area contributed by atoms with E-state index in [-0.39, 0.29) is 16.9 Å². The van der Waals surface area contributed by atoms with Crippen molar-refractivity contribution in [1.29, 1.82) is 0 Å². The van der Waals surface area contributed by atoms with Gasteiger partial charge in [0.15, 0.2) is 11.6 Å². The van der Waals surface area contributed by atoms with Crippen LogP contribution in [0.15, 0.2) is 41.2 Å². The van der Waals surface area contributed by atoms with Gasteiger partial charge < -0.3 is 10.1 Å². The average molecular weight is 382 g/mol. The van der Waals surface area contributed by atoms with Crippen LogP contribution in [-0.4, -0.2) is 15.1 Å². The molecule has 0 aliphatic carbocycles. The molecule has 20 heavy (non-hydrogen) atoms. The average Bonchev–Trinajstić information content (AvgIpc) is 2.45. The number of phenolic OH excluding ortho intramolecular Hbond substituents is 1. The molecule has 0 aliphatic rings. The fourth-order valence-electron chi connectivity index (χ4n) is 1.95. The van der Waals surface area contributed by atoms with Crippen LogP contribution in [0.2, 0.25) is 0 Å². The Bertz CT molecular complexity index is 877. The molecular formula is C14H8FIN2O2. The number of fused-ring (bicyclic) bond motifs is 1. The lowest BCUT2D eigenvalue weighted by molar-refractivity contribution is 0.432. The Morgan fingerprint density at radius 3 is 2.75 bits per heavy atom. The van der Waals surface area contributed by atoms with E-state index in [2.05, 4.69) is 9.97 Å². The first-order valence-corrected chi connectivity index (χ1v) is 6.82. The molecule has 1 heterocycles. The number of aromatic nitrogens is 2. The number of para-hydroxylation sites is 1. The molecule has 0 spiro atoms. The van der Waals surface area contributed by atoms with Gasteiger partial charge >= 0.3 is 0 Å². The number of aromatic amines is 1. The summed E-state index contributed by atoms with van der Waals surface area (Å²) in [7, 11) is 0. The van der Waals surface area contributed by atoms with Crippen molar-refractivity contribution in [1.82, 2.24) is 9.97 Å². The van der Waals surface area contributed by atoms with Gasteiger partial charge in [-0.05, 0) is 46.9 Å².